The summed E-state index contributed by atoms with van der Waals surface area (Å²) >= 11 is 0. The van der Waals surface area contributed by atoms with E-state index in [0.717, 1.165) is 10.9 Å². The fourth-order valence-corrected chi connectivity index (χ4v) is 3.65. The maximum Gasteiger partial charge on any atom is 0.228 e. The summed E-state index contributed by atoms with van der Waals surface area (Å²) in [6, 6.07) is 11.5. The Kier molecular flexibility index (Phi) is 5.11. The number of nitrogen functional groups attached to an aromatic ring is 1. The molecule has 3 aromatic heterocycles. The Morgan fingerprint density at radius 2 is 1.97 bits per heavy atom. The normalized spacial score (nSPS) is 23.5. The number of para-hydroxylation sites is 1. The summed E-state index contributed by atoms with van der Waals surface area (Å²) in [4.78, 5) is 17.0. The Morgan fingerprint density at radius 3 is 2.78 bits per heavy atom. The number of fused-ring (bicyclic) bond motifs is 2. The molecule has 164 valence electrons. The van der Waals surface area contributed by atoms with Crippen molar-refractivity contribution in [1.29, 1.82) is 0 Å². The fraction of sp³-hybridized carbons (Fsp3) is 0.250. The highest BCUT2D eigenvalue weighted by Gasteiger charge is 2.45. The number of nitrogens with two attached hydrogens (primary N) is 1. The Labute approximate surface area is 181 Å². The molecule has 0 amide bonds. The van der Waals surface area contributed by atoms with Crippen LogP contribution in [0, 0.1) is 0 Å². The number of aliphatic hydroxyl groups excluding tert-OH is 3. The number of nitrogens with one attached hydrogen (secondary N) is 1. The summed E-state index contributed by atoms with van der Waals surface area (Å²) in [5.74, 6) is 0.280. The summed E-state index contributed by atoms with van der Waals surface area (Å²) < 4.78 is 7.07. The first-order valence-electron chi connectivity index (χ1n) is 9.82. The van der Waals surface area contributed by atoms with Crippen molar-refractivity contribution in [2.24, 2.45) is 5.10 Å². The lowest BCUT2D eigenvalue weighted by molar-refractivity contribution is -0.0501. The topological polar surface area (TPSA) is 177 Å². The van der Waals surface area contributed by atoms with Gasteiger partial charge in [-0.3, -0.25) is 4.57 Å². The number of ether oxygens (including phenoxy) is 1. The van der Waals surface area contributed by atoms with Gasteiger partial charge < -0.3 is 25.8 Å². The third kappa shape index (κ3) is 3.40. The lowest BCUT2D eigenvalue weighted by Gasteiger charge is -2.18. The Hall–Kier alpha value is -3.71. The van der Waals surface area contributed by atoms with Crippen LogP contribution in [0.15, 0.2) is 47.8 Å². The second kappa shape index (κ2) is 8.09. The Balaban J connectivity index is 1.50. The highest BCUT2D eigenvalue weighted by Crippen LogP contribution is 2.35. The fourth-order valence-electron chi connectivity index (χ4n) is 3.65. The lowest BCUT2D eigenvalue weighted by atomic mass is 10.1. The van der Waals surface area contributed by atoms with Crippen LogP contribution in [-0.2, 0) is 4.74 Å². The maximum absolute atomic E-state index is 10.5. The number of anilines is 2. The van der Waals surface area contributed by atoms with Gasteiger partial charge >= 0.3 is 0 Å². The van der Waals surface area contributed by atoms with Gasteiger partial charge in [-0.2, -0.15) is 5.10 Å². The van der Waals surface area contributed by atoms with Gasteiger partial charge in [0.15, 0.2) is 23.2 Å². The Morgan fingerprint density at radius 1 is 1.12 bits per heavy atom. The van der Waals surface area contributed by atoms with Crippen LogP contribution in [0.1, 0.15) is 11.9 Å². The molecule has 6 N–H and O–H groups in total. The van der Waals surface area contributed by atoms with Gasteiger partial charge in [0.2, 0.25) is 5.95 Å². The molecule has 32 heavy (non-hydrogen) atoms. The van der Waals surface area contributed by atoms with E-state index in [-0.39, 0.29) is 22.9 Å². The first-order valence-corrected chi connectivity index (χ1v) is 9.82. The number of aliphatic hydroxyl groups is 3. The number of pyridine rings is 1. The van der Waals surface area contributed by atoms with Crippen molar-refractivity contribution < 1.29 is 20.1 Å². The lowest BCUT2D eigenvalue weighted by Crippen LogP contribution is -2.33. The number of hydrogen-bond acceptors (Lipinski definition) is 11. The van der Waals surface area contributed by atoms with Crippen LogP contribution in [-0.4, -0.2) is 71.0 Å². The molecule has 0 radical (unpaired) electrons. The third-order valence-corrected chi connectivity index (χ3v) is 5.26. The molecule has 12 nitrogen and oxygen atoms in total. The van der Waals surface area contributed by atoms with E-state index in [0.29, 0.717) is 5.69 Å². The van der Waals surface area contributed by atoms with Crippen LogP contribution < -0.4 is 11.2 Å². The van der Waals surface area contributed by atoms with E-state index < -0.39 is 31.1 Å². The molecule has 1 saturated heterocycles. The average molecular weight is 436 g/mol. The highest BCUT2D eigenvalue weighted by molar-refractivity contribution is 5.86. The molecular weight excluding hydrogens is 416 g/mol. The zero-order valence-corrected chi connectivity index (χ0v) is 16.6. The number of hydrogen-bond donors (Lipinski definition) is 5. The number of nitrogens with zero attached hydrogens (tertiary/aromatic N) is 6. The second-order valence-electron chi connectivity index (χ2n) is 7.26. The largest absolute Gasteiger partial charge is 0.394 e. The molecule has 0 spiro atoms. The van der Waals surface area contributed by atoms with Crippen LogP contribution in [0.3, 0.4) is 0 Å². The van der Waals surface area contributed by atoms with Crippen LogP contribution in [0.2, 0.25) is 0 Å². The molecule has 1 aliphatic rings. The number of aromatic nitrogens is 5. The summed E-state index contributed by atoms with van der Waals surface area (Å²) in [5, 5.41) is 35.3. The summed E-state index contributed by atoms with van der Waals surface area (Å²) in [5.41, 5.74) is 10.7. The van der Waals surface area contributed by atoms with Gasteiger partial charge in [-0.25, -0.2) is 25.4 Å². The zero-order chi connectivity index (χ0) is 22.2. The first kappa shape index (κ1) is 20.2. The predicted molar refractivity (Wildman–Crippen MR) is 116 cm³/mol. The Bertz CT molecular complexity index is 1310. The molecule has 0 saturated carbocycles. The minimum absolute atomic E-state index is 0.128. The van der Waals surface area contributed by atoms with Crippen molar-refractivity contribution >= 4 is 40.0 Å². The van der Waals surface area contributed by atoms with Gasteiger partial charge in [0.05, 0.1) is 24.0 Å². The first-order chi connectivity index (χ1) is 15.6. The van der Waals surface area contributed by atoms with Gasteiger partial charge in [0.25, 0.3) is 0 Å². The number of benzene rings is 1. The van der Waals surface area contributed by atoms with Crippen molar-refractivity contribution in [1.82, 2.24) is 24.5 Å². The van der Waals surface area contributed by atoms with E-state index in [1.807, 2.05) is 36.4 Å². The molecule has 4 heterocycles. The second-order valence-corrected chi connectivity index (χ2v) is 7.26. The van der Waals surface area contributed by atoms with E-state index in [4.69, 9.17) is 10.5 Å². The standard InChI is InChI=1S/C20H20N8O4/c21-17-14-18(23-9-22-17)28(19-16(31)15(30)13(8-29)32-19)20(26-14)27-24-7-11-6-5-10-3-1-2-4-12(10)25-11/h1-7,9,13,15-16,19,29-31H,8H2,(H,26,27)(H2,21,22,23)/b24-7-. The van der Waals surface area contributed by atoms with Crippen molar-refractivity contribution in [3.63, 3.8) is 0 Å². The van der Waals surface area contributed by atoms with Gasteiger partial charge in [0.1, 0.15) is 24.6 Å². The van der Waals surface area contributed by atoms with E-state index in [1.54, 1.807) is 0 Å². The molecule has 0 aliphatic carbocycles. The average Bonchev–Trinajstić information content (AvgIpc) is 3.31. The number of rotatable bonds is 5. The third-order valence-electron chi connectivity index (χ3n) is 5.26. The van der Waals surface area contributed by atoms with Crippen LogP contribution in [0.4, 0.5) is 11.8 Å². The smallest absolute Gasteiger partial charge is 0.228 e. The maximum atomic E-state index is 10.5. The molecule has 5 rings (SSSR count). The summed E-state index contributed by atoms with van der Waals surface area (Å²) in [7, 11) is 0. The molecule has 4 atom stereocenters. The van der Waals surface area contributed by atoms with E-state index in [2.05, 4.69) is 30.5 Å². The quantitative estimate of drug-likeness (QED) is 0.212. The molecule has 1 fully saturated rings. The molecule has 1 aromatic carbocycles. The SMILES string of the molecule is Nc1ncnc2c1nc(N/N=C\c1ccc3ccccc3n1)n2C1OC(CO)C(O)C1O. The van der Waals surface area contributed by atoms with Gasteiger partial charge in [0, 0.05) is 5.39 Å². The summed E-state index contributed by atoms with van der Waals surface area (Å²) in [6.07, 6.45) is -1.92. The zero-order valence-electron chi connectivity index (χ0n) is 16.6. The van der Waals surface area contributed by atoms with Crippen molar-refractivity contribution in [3.8, 4) is 0 Å². The molecule has 0 bridgehead atoms. The highest BCUT2D eigenvalue weighted by atomic mass is 16.6. The van der Waals surface area contributed by atoms with Gasteiger partial charge in [-0.1, -0.05) is 24.3 Å². The van der Waals surface area contributed by atoms with Crippen molar-refractivity contribution in [2.75, 3.05) is 17.8 Å². The van der Waals surface area contributed by atoms with Gasteiger partial charge in [-0.15, -0.1) is 0 Å². The van der Waals surface area contributed by atoms with Crippen molar-refractivity contribution in [3.05, 3.63) is 48.4 Å². The van der Waals surface area contributed by atoms with E-state index >= 15 is 0 Å². The molecule has 4 unspecified atom stereocenters. The molecule has 4 aromatic rings. The van der Waals surface area contributed by atoms with Crippen LogP contribution >= 0.6 is 0 Å². The predicted octanol–water partition coefficient (Wildman–Crippen LogP) is 0.0142. The van der Waals surface area contributed by atoms with Crippen LogP contribution in [0.25, 0.3) is 22.1 Å². The number of hydrazone groups is 1. The molecule has 12 heteroatoms. The van der Waals surface area contributed by atoms with E-state index in [1.165, 1.54) is 17.1 Å². The minimum atomic E-state index is -1.34. The minimum Gasteiger partial charge on any atom is -0.394 e. The van der Waals surface area contributed by atoms with Gasteiger partial charge in [-0.05, 0) is 12.1 Å². The molecule has 1 aliphatic heterocycles. The van der Waals surface area contributed by atoms with Crippen LogP contribution in [0.5, 0.6) is 0 Å². The number of imidazole rings is 1. The monoisotopic (exact) mass is 436 g/mol. The molecular formula is C20H20N8O4. The summed E-state index contributed by atoms with van der Waals surface area (Å²) in [6.45, 7) is -0.465. The van der Waals surface area contributed by atoms with Crippen molar-refractivity contribution in [2.45, 2.75) is 24.5 Å². The van der Waals surface area contributed by atoms with E-state index in [9.17, 15) is 15.3 Å².